The molecule has 1 saturated carbocycles. The van der Waals surface area contributed by atoms with Gasteiger partial charge in [0.25, 0.3) is 0 Å². The number of allylic oxidation sites excluding steroid dienone is 2. The van der Waals surface area contributed by atoms with Crippen LogP contribution in [0.15, 0.2) is 12.2 Å². The highest BCUT2D eigenvalue weighted by molar-refractivity contribution is 7.47. The average molecular weight is 921 g/mol. The SMILES string of the molecule is CCCCCCCC/C=C\CCCCCCCC(=O)OC(COC(=O)CCCCCCCCCCCCCCCCCCCCC)COP(=O)(O)OC1C(O)C(O)C(O)C(O)C1O. The lowest BCUT2D eigenvalue weighted by molar-refractivity contribution is -0.220. The molecule has 0 spiro atoms. The first-order chi connectivity index (χ1) is 30.4. The minimum atomic E-state index is -5.12. The van der Waals surface area contributed by atoms with Gasteiger partial charge in [-0.15, -0.1) is 0 Å². The lowest BCUT2D eigenvalue weighted by Gasteiger charge is -2.41. The second-order valence-corrected chi connectivity index (χ2v) is 19.4. The van der Waals surface area contributed by atoms with Crippen LogP contribution < -0.4 is 0 Å². The number of ether oxygens (including phenoxy) is 2. The number of esters is 2. The minimum Gasteiger partial charge on any atom is -0.462 e. The number of aliphatic hydroxyl groups is 5. The quantitative estimate of drug-likeness (QED) is 0.0146. The van der Waals surface area contributed by atoms with Crippen molar-refractivity contribution in [3.63, 3.8) is 0 Å². The van der Waals surface area contributed by atoms with Crippen molar-refractivity contribution >= 4 is 19.8 Å². The molecule has 13 nitrogen and oxygen atoms in total. The number of unbranched alkanes of at least 4 members (excludes halogenated alkanes) is 29. The Kier molecular flexibility index (Phi) is 37.6. The van der Waals surface area contributed by atoms with Gasteiger partial charge in [0.15, 0.2) is 6.10 Å². The van der Waals surface area contributed by atoms with Crippen molar-refractivity contribution < 1.29 is 63.1 Å². The highest BCUT2D eigenvalue weighted by atomic mass is 31.2. The van der Waals surface area contributed by atoms with Crippen LogP contribution in [0.25, 0.3) is 0 Å². The summed E-state index contributed by atoms with van der Waals surface area (Å²) in [5.41, 5.74) is 0. The van der Waals surface area contributed by atoms with Gasteiger partial charge in [-0.2, -0.15) is 0 Å². The lowest BCUT2D eigenvalue weighted by atomic mass is 9.85. The normalized spacial score (nSPS) is 21.7. The van der Waals surface area contributed by atoms with Gasteiger partial charge in [-0.1, -0.05) is 193 Å². The van der Waals surface area contributed by atoms with E-state index in [1.54, 1.807) is 0 Å². The van der Waals surface area contributed by atoms with Gasteiger partial charge < -0.3 is 39.9 Å². The molecule has 0 heterocycles. The van der Waals surface area contributed by atoms with Crippen molar-refractivity contribution in [2.45, 2.75) is 275 Å². The van der Waals surface area contributed by atoms with Crippen LogP contribution in [-0.4, -0.2) is 98.3 Å². The maximum absolute atomic E-state index is 12.8. The van der Waals surface area contributed by atoms with Gasteiger partial charge in [0, 0.05) is 12.8 Å². The van der Waals surface area contributed by atoms with Gasteiger partial charge in [0.1, 0.15) is 43.2 Å². The van der Waals surface area contributed by atoms with Gasteiger partial charge >= 0.3 is 19.8 Å². The molecule has 0 aromatic heterocycles. The maximum Gasteiger partial charge on any atom is 0.472 e. The van der Waals surface area contributed by atoms with Gasteiger partial charge in [0.05, 0.1) is 6.61 Å². The molecule has 0 radical (unpaired) electrons. The second-order valence-electron chi connectivity index (χ2n) is 18.0. The monoisotopic (exact) mass is 921 g/mol. The predicted molar refractivity (Wildman–Crippen MR) is 249 cm³/mol. The van der Waals surface area contributed by atoms with Crippen LogP contribution in [0, 0.1) is 0 Å². The molecule has 0 aliphatic heterocycles. The molecule has 6 unspecified atom stereocenters. The standard InChI is InChI=1S/C49H93O13P/c1-3-5-7-9-11-13-15-17-19-20-21-22-24-25-27-29-31-33-35-37-42(50)59-39-41(40-60-63(57,58)62-49-47(55)45(53)44(52)46(54)48(49)56)61-43(51)38-36-34-32-30-28-26-23-18-16-14-12-10-8-6-4-2/h18,23,41,44-49,52-56H,3-17,19-22,24-40H2,1-2H3,(H,57,58)/b23-18-. The zero-order chi connectivity index (χ0) is 46.4. The van der Waals surface area contributed by atoms with E-state index in [1.807, 2.05) is 0 Å². The van der Waals surface area contributed by atoms with Crippen molar-refractivity contribution in [1.29, 1.82) is 0 Å². The largest absolute Gasteiger partial charge is 0.472 e. The minimum absolute atomic E-state index is 0.0911. The highest BCUT2D eigenvalue weighted by Crippen LogP contribution is 2.47. The average Bonchev–Trinajstić information content (AvgIpc) is 3.26. The number of carbonyl (C=O) groups is 2. The van der Waals surface area contributed by atoms with Crippen molar-refractivity contribution in [2.75, 3.05) is 13.2 Å². The van der Waals surface area contributed by atoms with Gasteiger partial charge in [-0.25, -0.2) is 4.57 Å². The molecule has 14 heteroatoms. The van der Waals surface area contributed by atoms with E-state index in [0.717, 1.165) is 57.8 Å². The summed E-state index contributed by atoms with van der Waals surface area (Å²) in [6.07, 6.45) is 29.8. The Morgan fingerprint density at radius 2 is 0.810 bits per heavy atom. The summed E-state index contributed by atoms with van der Waals surface area (Å²) >= 11 is 0. The number of hydrogen-bond acceptors (Lipinski definition) is 12. The van der Waals surface area contributed by atoms with E-state index in [2.05, 4.69) is 26.0 Å². The summed E-state index contributed by atoms with van der Waals surface area (Å²) in [7, 11) is -5.12. The summed E-state index contributed by atoms with van der Waals surface area (Å²) in [6, 6.07) is 0. The Bertz CT molecular complexity index is 1160. The number of rotatable bonds is 43. The third-order valence-corrected chi connectivity index (χ3v) is 13.1. The third-order valence-electron chi connectivity index (χ3n) is 12.1. The number of phosphoric acid groups is 1. The topological polar surface area (TPSA) is 210 Å². The summed E-state index contributed by atoms with van der Waals surface area (Å²) in [5, 5.41) is 50.2. The van der Waals surface area contributed by atoms with E-state index in [9.17, 15) is 44.6 Å². The number of aliphatic hydroxyl groups excluding tert-OH is 5. The second kappa shape index (κ2) is 39.7. The van der Waals surface area contributed by atoms with Gasteiger partial charge in [-0.3, -0.25) is 18.6 Å². The lowest BCUT2D eigenvalue weighted by Crippen LogP contribution is -2.64. The van der Waals surface area contributed by atoms with Crippen molar-refractivity contribution in [1.82, 2.24) is 0 Å². The number of carbonyl (C=O) groups excluding carboxylic acids is 2. The zero-order valence-corrected chi connectivity index (χ0v) is 40.5. The first-order valence-electron chi connectivity index (χ1n) is 25.5. The Labute approximate surface area is 382 Å². The summed E-state index contributed by atoms with van der Waals surface area (Å²) in [4.78, 5) is 35.8. The summed E-state index contributed by atoms with van der Waals surface area (Å²) < 4.78 is 33.6. The number of hydrogen-bond donors (Lipinski definition) is 6. The van der Waals surface area contributed by atoms with Crippen LogP contribution in [0.2, 0.25) is 0 Å². The molecule has 0 amide bonds. The molecule has 0 bridgehead atoms. The van der Waals surface area contributed by atoms with Crippen LogP contribution >= 0.6 is 7.82 Å². The summed E-state index contributed by atoms with van der Waals surface area (Å²) in [5.74, 6) is -1.10. The van der Waals surface area contributed by atoms with Crippen LogP contribution in [0.4, 0.5) is 0 Å². The van der Waals surface area contributed by atoms with Crippen molar-refractivity contribution in [2.24, 2.45) is 0 Å². The first-order valence-corrected chi connectivity index (χ1v) is 27.0. The Morgan fingerprint density at radius 1 is 0.476 bits per heavy atom. The smallest absolute Gasteiger partial charge is 0.462 e. The summed E-state index contributed by atoms with van der Waals surface area (Å²) in [6.45, 7) is 3.32. The molecule has 63 heavy (non-hydrogen) atoms. The Hall–Kier alpha value is -1.41. The molecule has 0 saturated heterocycles. The van der Waals surface area contributed by atoms with E-state index < -0.39 is 75.7 Å². The molecule has 6 N–H and O–H groups in total. The van der Waals surface area contributed by atoms with Crippen molar-refractivity contribution in [3.05, 3.63) is 12.2 Å². The molecule has 1 fully saturated rings. The molecule has 1 rings (SSSR count). The zero-order valence-electron chi connectivity index (χ0n) is 39.6. The van der Waals surface area contributed by atoms with Crippen LogP contribution in [0.5, 0.6) is 0 Å². The molecule has 1 aliphatic carbocycles. The van der Waals surface area contributed by atoms with Crippen LogP contribution in [0.1, 0.15) is 232 Å². The predicted octanol–water partition coefficient (Wildman–Crippen LogP) is 10.6. The highest BCUT2D eigenvalue weighted by Gasteiger charge is 2.51. The van der Waals surface area contributed by atoms with E-state index >= 15 is 0 Å². The fourth-order valence-electron chi connectivity index (χ4n) is 7.99. The van der Waals surface area contributed by atoms with Gasteiger partial charge in [0.2, 0.25) is 0 Å². The number of phosphoric ester groups is 1. The fourth-order valence-corrected chi connectivity index (χ4v) is 8.96. The van der Waals surface area contributed by atoms with Crippen molar-refractivity contribution in [3.8, 4) is 0 Å². The molecular formula is C49H93O13P. The molecular weight excluding hydrogens is 828 g/mol. The third kappa shape index (κ3) is 32.0. The molecule has 1 aliphatic rings. The van der Waals surface area contributed by atoms with Crippen LogP contribution in [-0.2, 0) is 32.7 Å². The van der Waals surface area contributed by atoms with Gasteiger partial charge in [-0.05, 0) is 38.5 Å². The Morgan fingerprint density at radius 3 is 1.21 bits per heavy atom. The first kappa shape index (κ1) is 59.6. The molecule has 372 valence electrons. The Balaban J connectivity index is 2.39. The van der Waals surface area contributed by atoms with E-state index in [4.69, 9.17) is 18.5 Å². The van der Waals surface area contributed by atoms with E-state index in [-0.39, 0.29) is 12.8 Å². The molecule has 0 aromatic rings. The maximum atomic E-state index is 12.8. The molecule has 6 atom stereocenters. The van der Waals surface area contributed by atoms with Crippen LogP contribution in [0.3, 0.4) is 0 Å². The molecule has 0 aromatic carbocycles. The fraction of sp³-hybridized carbons (Fsp3) is 0.918. The van der Waals surface area contributed by atoms with E-state index in [1.165, 1.54) is 135 Å². The van der Waals surface area contributed by atoms with E-state index in [0.29, 0.717) is 12.8 Å².